The summed E-state index contributed by atoms with van der Waals surface area (Å²) in [6, 6.07) is 4.67. The lowest BCUT2D eigenvalue weighted by molar-refractivity contribution is 0.297. The number of nitrogens with one attached hydrogen (secondary N) is 1. The first-order valence-corrected chi connectivity index (χ1v) is 6.89. The van der Waals surface area contributed by atoms with E-state index in [1.807, 2.05) is 0 Å². The van der Waals surface area contributed by atoms with Crippen molar-refractivity contribution in [2.24, 2.45) is 17.7 Å². The molecule has 18 heavy (non-hydrogen) atoms. The van der Waals surface area contributed by atoms with E-state index in [0.717, 1.165) is 5.56 Å². The molecule has 3 N–H and O–H groups in total. The first-order chi connectivity index (χ1) is 8.61. The highest BCUT2D eigenvalue weighted by Gasteiger charge is 2.30. The molecule has 2 nitrogen and oxygen atoms in total. The van der Waals surface area contributed by atoms with Crippen LogP contribution in [-0.4, -0.2) is 6.04 Å². The molecule has 1 fully saturated rings. The Kier molecular flexibility index (Phi) is 4.60. The molecule has 4 heteroatoms. The molecule has 3 unspecified atom stereocenters. The molecule has 0 aromatic heterocycles. The second kappa shape index (κ2) is 6.00. The molecule has 1 aliphatic carbocycles. The molecular formula is C14H20ClFN2. The summed E-state index contributed by atoms with van der Waals surface area (Å²) >= 11 is 6.11. The minimum absolute atomic E-state index is 0.168. The number of hydrogen-bond acceptors (Lipinski definition) is 2. The van der Waals surface area contributed by atoms with Crippen LogP contribution in [0.2, 0.25) is 5.02 Å². The van der Waals surface area contributed by atoms with Gasteiger partial charge in [0, 0.05) is 11.1 Å². The lowest BCUT2D eigenvalue weighted by Gasteiger charge is -2.26. The third kappa shape index (κ3) is 3.02. The molecule has 1 aromatic carbocycles. The fraction of sp³-hybridized carbons (Fsp3) is 0.571. The van der Waals surface area contributed by atoms with Crippen LogP contribution in [0.5, 0.6) is 0 Å². The van der Waals surface area contributed by atoms with Crippen LogP contribution in [0.15, 0.2) is 18.2 Å². The number of hydrazine groups is 1. The molecule has 100 valence electrons. The predicted octanol–water partition coefficient (Wildman–Crippen LogP) is 3.29. The topological polar surface area (TPSA) is 38.0 Å². The molecular weight excluding hydrogens is 251 g/mol. The quantitative estimate of drug-likeness (QED) is 0.651. The average Bonchev–Trinajstić information content (AvgIpc) is 2.77. The van der Waals surface area contributed by atoms with E-state index in [1.165, 1.54) is 31.4 Å². The van der Waals surface area contributed by atoms with Crippen molar-refractivity contribution in [2.45, 2.75) is 38.6 Å². The molecule has 1 saturated carbocycles. The SMILES string of the molecule is CC1CCCC1C(Cc1cc(F)ccc1Cl)NN. The van der Waals surface area contributed by atoms with E-state index in [4.69, 9.17) is 17.4 Å². The van der Waals surface area contributed by atoms with E-state index in [2.05, 4.69) is 12.3 Å². The highest BCUT2D eigenvalue weighted by molar-refractivity contribution is 6.31. The maximum absolute atomic E-state index is 13.2. The molecule has 0 saturated heterocycles. The third-order valence-electron chi connectivity index (χ3n) is 4.11. The highest BCUT2D eigenvalue weighted by atomic mass is 35.5. The van der Waals surface area contributed by atoms with Gasteiger partial charge in [-0.25, -0.2) is 4.39 Å². The summed E-state index contributed by atoms with van der Waals surface area (Å²) in [5.74, 6) is 6.63. The Balaban J connectivity index is 2.12. The van der Waals surface area contributed by atoms with Crippen LogP contribution in [0.4, 0.5) is 4.39 Å². The summed E-state index contributed by atoms with van der Waals surface area (Å²) in [4.78, 5) is 0. The van der Waals surface area contributed by atoms with Crippen molar-refractivity contribution >= 4 is 11.6 Å². The number of rotatable bonds is 4. The summed E-state index contributed by atoms with van der Waals surface area (Å²) < 4.78 is 13.2. The van der Waals surface area contributed by atoms with Crippen LogP contribution in [0, 0.1) is 17.7 Å². The molecule has 0 aliphatic heterocycles. The Morgan fingerprint density at radius 1 is 1.50 bits per heavy atom. The first-order valence-electron chi connectivity index (χ1n) is 6.52. The van der Waals surface area contributed by atoms with Gasteiger partial charge in [-0.15, -0.1) is 0 Å². The lowest BCUT2D eigenvalue weighted by Crippen LogP contribution is -2.43. The van der Waals surface area contributed by atoms with E-state index in [-0.39, 0.29) is 11.9 Å². The van der Waals surface area contributed by atoms with Gasteiger partial charge in [0.25, 0.3) is 0 Å². The number of nitrogens with two attached hydrogens (primary N) is 1. The van der Waals surface area contributed by atoms with Crippen LogP contribution in [-0.2, 0) is 6.42 Å². The highest BCUT2D eigenvalue weighted by Crippen LogP contribution is 2.35. The minimum atomic E-state index is -0.246. The third-order valence-corrected chi connectivity index (χ3v) is 4.48. The molecule has 0 bridgehead atoms. The minimum Gasteiger partial charge on any atom is -0.271 e. The molecule has 0 radical (unpaired) electrons. The summed E-state index contributed by atoms with van der Waals surface area (Å²) in [6.07, 6.45) is 4.37. The fourth-order valence-corrected chi connectivity index (χ4v) is 3.24. The van der Waals surface area contributed by atoms with Gasteiger partial charge in [-0.3, -0.25) is 11.3 Å². The predicted molar refractivity (Wildman–Crippen MR) is 72.7 cm³/mol. The first kappa shape index (κ1) is 13.8. The number of hydrogen-bond donors (Lipinski definition) is 2. The van der Waals surface area contributed by atoms with E-state index in [9.17, 15) is 4.39 Å². The average molecular weight is 271 g/mol. The van der Waals surface area contributed by atoms with Crippen LogP contribution in [0.1, 0.15) is 31.7 Å². The van der Waals surface area contributed by atoms with Gasteiger partial charge in [0.1, 0.15) is 5.82 Å². The fourth-order valence-electron chi connectivity index (χ4n) is 3.04. The van der Waals surface area contributed by atoms with Crippen molar-refractivity contribution in [3.8, 4) is 0 Å². The van der Waals surface area contributed by atoms with Crippen LogP contribution >= 0.6 is 11.6 Å². The summed E-state index contributed by atoms with van der Waals surface area (Å²) in [6.45, 7) is 2.26. The summed E-state index contributed by atoms with van der Waals surface area (Å²) in [5, 5.41) is 0.613. The Bertz CT molecular complexity index is 411. The Hall–Kier alpha value is -0.640. The van der Waals surface area contributed by atoms with Crippen molar-refractivity contribution in [2.75, 3.05) is 0 Å². The zero-order valence-corrected chi connectivity index (χ0v) is 11.4. The van der Waals surface area contributed by atoms with Crippen LogP contribution in [0.25, 0.3) is 0 Å². The van der Waals surface area contributed by atoms with Crippen LogP contribution in [0.3, 0.4) is 0 Å². The van der Waals surface area contributed by atoms with Crippen molar-refractivity contribution in [3.05, 3.63) is 34.6 Å². The van der Waals surface area contributed by atoms with Gasteiger partial charge in [0.2, 0.25) is 0 Å². The van der Waals surface area contributed by atoms with Gasteiger partial charge in [0.15, 0.2) is 0 Å². The Morgan fingerprint density at radius 3 is 2.89 bits per heavy atom. The molecule has 1 aromatic rings. The maximum Gasteiger partial charge on any atom is 0.123 e. The van der Waals surface area contributed by atoms with Gasteiger partial charge < -0.3 is 0 Å². The molecule has 2 rings (SSSR count). The Morgan fingerprint density at radius 2 is 2.28 bits per heavy atom. The van der Waals surface area contributed by atoms with Crippen LogP contribution < -0.4 is 11.3 Å². The van der Waals surface area contributed by atoms with Gasteiger partial charge >= 0.3 is 0 Å². The second-order valence-corrected chi connectivity index (χ2v) is 5.69. The number of halogens is 2. The van der Waals surface area contributed by atoms with E-state index < -0.39 is 0 Å². The normalized spacial score (nSPS) is 25.3. The van der Waals surface area contributed by atoms with Crippen molar-refractivity contribution in [3.63, 3.8) is 0 Å². The molecule has 0 spiro atoms. The van der Waals surface area contributed by atoms with Gasteiger partial charge in [-0.1, -0.05) is 31.4 Å². The lowest BCUT2D eigenvalue weighted by atomic mass is 9.87. The molecule has 0 heterocycles. The van der Waals surface area contributed by atoms with Crippen molar-refractivity contribution < 1.29 is 4.39 Å². The van der Waals surface area contributed by atoms with E-state index in [0.29, 0.717) is 23.3 Å². The van der Waals surface area contributed by atoms with E-state index in [1.54, 1.807) is 6.07 Å². The number of benzene rings is 1. The smallest absolute Gasteiger partial charge is 0.123 e. The van der Waals surface area contributed by atoms with Gasteiger partial charge in [-0.2, -0.15) is 0 Å². The molecule has 1 aliphatic rings. The van der Waals surface area contributed by atoms with Crippen molar-refractivity contribution in [1.82, 2.24) is 5.43 Å². The van der Waals surface area contributed by atoms with Gasteiger partial charge in [-0.05, 0) is 48.4 Å². The summed E-state index contributed by atoms with van der Waals surface area (Å²) in [5.41, 5.74) is 3.72. The van der Waals surface area contributed by atoms with Gasteiger partial charge in [0.05, 0.1) is 0 Å². The summed E-state index contributed by atoms with van der Waals surface area (Å²) in [7, 11) is 0. The molecule has 3 atom stereocenters. The molecule has 0 amide bonds. The zero-order chi connectivity index (χ0) is 13.1. The van der Waals surface area contributed by atoms with E-state index >= 15 is 0 Å². The maximum atomic E-state index is 13.2. The monoisotopic (exact) mass is 270 g/mol. The van der Waals surface area contributed by atoms with Crippen molar-refractivity contribution in [1.29, 1.82) is 0 Å². The second-order valence-electron chi connectivity index (χ2n) is 5.29. The largest absolute Gasteiger partial charge is 0.271 e. The standard InChI is InChI=1S/C14H20ClFN2/c1-9-3-2-4-12(9)14(18-17)8-10-7-11(16)5-6-13(10)15/h5-7,9,12,14,18H,2-4,8,17H2,1H3. The Labute approximate surface area is 113 Å². The zero-order valence-electron chi connectivity index (χ0n) is 10.6.